The van der Waals surface area contributed by atoms with Gasteiger partial charge in [0.2, 0.25) is 0 Å². The Balaban J connectivity index is 2.72. The van der Waals surface area contributed by atoms with E-state index in [1.54, 1.807) is 11.8 Å². The number of anilines is 1. The standard InChI is InChI=1S/C13H21NS/c1-4-10-14(11-5-2)12-6-8-13(15-3)9-7-12/h6-9H,4-5,10-11H2,1-3H3. The second-order valence-electron chi connectivity index (χ2n) is 3.69. The van der Waals surface area contributed by atoms with Crippen LogP contribution in [0, 0.1) is 0 Å². The number of benzene rings is 1. The Morgan fingerprint density at radius 3 is 1.93 bits per heavy atom. The third kappa shape index (κ3) is 3.78. The van der Waals surface area contributed by atoms with E-state index in [2.05, 4.69) is 49.3 Å². The fourth-order valence-electron chi connectivity index (χ4n) is 1.70. The topological polar surface area (TPSA) is 3.24 Å². The Morgan fingerprint density at radius 2 is 1.53 bits per heavy atom. The minimum Gasteiger partial charge on any atom is -0.372 e. The van der Waals surface area contributed by atoms with Gasteiger partial charge in [-0.2, -0.15) is 0 Å². The van der Waals surface area contributed by atoms with Gasteiger partial charge < -0.3 is 4.90 Å². The summed E-state index contributed by atoms with van der Waals surface area (Å²) < 4.78 is 0. The van der Waals surface area contributed by atoms with E-state index in [0.29, 0.717) is 0 Å². The highest BCUT2D eigenvalue weighted by molar-refractivity contribution is 7.98. The fourth-order valence-corrected chi connectivity index (χ4v) is 2.11. The fraction of sp³-hybridized carbons (Fsp3) is 0.538. The molecule has 0 aliphatic rings. The molecule has 2 heteroatoms. The highest BCUT2D eigenvalue weighted by atomic mass is 32.2. The van der Waals surface area contributed by atoms with Crippen molar-refractivity contribution in [3.05, 3.63) is 24.3 Å². The molecular weight excluding hydrogens is 202 g/mol. The van der Waals surface area contributed by atoms with Gasteiger partial charge >= 0.3 is 0 Å². The monoisotopic (exact) mass is 223 g/mol. The average Bonchev–Trinajstić information content (AvgIpc) is 2.29. The molecule has 0 aliphatic carbocycles. The first-order valence-corrected chi connectivity index (χ1v) is 6.93. The molecule has 1 aromatic carbocycles. The zero-order valence-electron chi connectivity index (χ0n) is 9.99. The molecule has 0 saturated carbocycles. The van der Waals surface area contributed by atoms with Gasteiger partial charge in [0, 0.05) is 23.7 Å². The van der Waals surface area contributed by atoms with Crippen LogP contribution in [0.15, 0.2) is 29.2 Å². The van der Waals surface area contributed by atoms with Crippen LogP contribution in [0.1, 0.15) is 26.7 Å². The minimum atomic E-state index is 1.16. The summed E-state index contributed by atoms with van der Waals surface area (Å²) in [6, 6.07) is 8.88. The summed E-state index contributed by atoms with van der Waals surface area (Å²) in [5.74, 6) is 0. The van der Waals surface area contributed by atoms with Crippen molar-refractivity contribution in [1.82, 2.24) is 0 Å². The van der Waals surface area contributed by atoms with Crippen LogP contribution in [-0.4, -0.2) is 19.3 Å². The van der Waals surface area contributed by atoms with Crippen LogP contribution in [0.4, 0.5) is 5.69 Å². The van der Waals surface area contributed by atoms with Crippen molar-refractivity contribution < 1.29 is 0 Å². The molecule has 0 spiro atoms. The van der Waals surface area contributed by atoms with Gasteiger partial charge in [-0.15, -0.1) is 11.8 Å². The molecule has 1 nitrogen and oxygen atoms in total. The van der Waals surface area contributed by atoms with Crippen LogP contribution in [0.3, 0.4) is 0 Å². The smallest absolute Gasteiger partial charge is 0.0366 e. The molecule has 0 radical (unpaired) electrons. The molecule has 1 rings (SSSR count). The maximum atomic E-state index is 2.46. The van der Waals surface area contributed by atoms with Crippen LogP contribution in [-0.2, 0) is 0 Å². The third-order valence-electron chi connectivity index (χ3n) is 2.42. The van der Waals surface area contributed by atoms with Gasteiger partial charge in [-0.25, -0.2) is 0 Å². The van der Waals surface area contributed by atoms with Crippen LogP contribution >= 0.6 is 11.8 Å². The normalized spacial score (nSPS) is 10.3. The van der Waals surface area contributed by atoms with E-state index in [1.807, 2.05) is 0 Å². The van der Waals surface area contributed by atoms with E-state index < -0.39 is 0 Å². The Kier molecular flexibility index (Phi) is 5.62. The number of hydrogen-bond acceptors (Lipinski definition) is 2. The molecule has 84 valence electrons. The summed E-state index contributed by atoms with van der Waals surface area (Å²) in [6.45, 7) is 6.79. The van der Waals surface area contributed by atoms with Crippen LogP contribution < -0.4 is 4.90 Å². The lowest BCUT2D eigenvalue weighted by Gasteiger charge is -2.23. The van der Waals surface area contributed by atoms with Crippen molar-refractivity contribution in [1.29, 1.82) is 0 Å². The summed E-state index contributed by atoms with van der Waals surface area (Å²) in [6.07, 6.45) is 4.54. The molecular formula is C13H21NS. The first-order chi connectivity index (χ1) is 7.31. The molecule has 0 unspecified atom stereocenters. The number of thioether (sulfide) groups is 1. The number of rotatable bonds is 6. The molecule has 0 heterocycles. The van der Waals surface area contributed by atoms with E-state index in [-0.39, 0.29) is 0 Å². The van der Waals surface area contributed by atoms with Crippen LogP contribution in [0.5, 0.6) is 0 Å². The van der Waals surface area contributed by atoms with Crippen LogP contribution in [0.2, 0.25) is 0 Å². The highest BCUT2D eigenvalue weighted by Gasteiger charge is 2.03. The SMILES string of the molecule is CCCN(CCC)c1ccc(SC)cc1. The van der Waals surface area contributed by atoms with E-state index in [4.69, 9.17) is 0 Å². The third-order valence-corrected chi connectivity index (χ3v) is 3.17. The molecule has 0 atom stereocenters. The molecule has 0 fully saturated rings. The van der Waals surface area contributed by atoms with Crippen molar-refractivity contribution >= 4 is 17.4 Å². The number of nitrogens with zero attached hydrogens (tertiary/aromatic N) is 1. The van der Waals surface area contributed by atoms with Crippen LogP contribution in [0.25, 0.3) is 0 Å². The van der Waals surface area contributed by atoms with Gasteiger partial charge in [-0.1, -0.05) is 13.8 Å². The quantitative estimate of drug-likeness (QED) is 0.670. The first kappa shape index (κ1) is 12.4. The van der Waals surface area contributed by atoms with Crippen molar-refractivity contribution in [2.45, 2.75) is 31.6 Å². The molecule has 15 heavy (non-hydrogen) atoms. The van der Waals surface area contributed by atoms with Gasteiger partial charge in [0.05, 0.1) is 0 Å². The summed E-state index contributed by atoms with van der Waals surface area (Å²) in [4.78, 5) is 3.80. The van der Waals surface area contributed by atoms with Gasteiger partial charge in [-0.3, -0.25) is 0 Å². The lowest BCUT2D eigenvalue weighted by Crippen LogP contribution is -2.24. The van der Waals surface area contributed by atoms with E-state index in [0.717, 1.165) is 13.1 Å². The first-order valence-electron chi connectivity index (χ1n) is 5.70. The Hall–Kier alpha value is -0.630. The lowest BCUT2D eigenvalue weighted by atomic mass is 10.2. The predicted octanol–water partition coefficient (Wildman–Crippen LogP) is 4.03. The average molecular weight is 223 g/mol. The van der Waals surface area contributed by atoms with E-state index in [9.17, 15) is 0 Å². The summed E-state index contributed by atoms with van der Waals surface area (Å²) in [5, 5.41) is 0. The molecule has 0 aromatic heterocycles. The largest absolute Gasteiger partial charge is 0.372 e. The second-order valence-corrected chi connectivity index (χ2v) is 4.56. The molecule has 0 N–H and O–H groups in total. The van der Waals surface area contributed by atoms with Crippen molar-refractivity contribution in [2.24, 2.45) is 0 Å². The summed E-state index contributed by atoms with van der Waals surface area (Å²) >= 11 is 1.80. The van der Waals surface area contributed by atoms with Crippen molar-refractivity contribution in [2.75, 3.05) is 24.2 Å². The molecule has 0 amide bonds. The Bertz CT molecular complexity index is 262. The van der Waals surface area contributed by atoms with Gasteiger partial charge in [0.15, 0.2) is 0 Å². The van der Waals surface area contributed by atoms with E-state index in [1.165, 1.54) is 23.4 Å². The second kappa shape index (κ2) is 6.78. The maximum Gasteiger partial charge on any atom is 0.0366 e. The zero-order chi connectivity index (χ0) is 11.1. The maximum absolute atomic E-state index is 2.46. The number of hydrogen-bond donors (Lipinski definition) is 0. The van der Waals surface area contributed by atoms with E-state index >= 15 is 0 Å². The minimum absolute atomic E-state index is 1.16. The summed E-state index contributed by atoms with van der Waals surface area (Å²) in [7, 11) is 0. The highest BCUT2D eigenvalue weighted by Crippen LogP contribution is 2.20. The summed E-state index contributed by atoms with van der Waals surface area (Å²) in [5.41, 5.74) is 1.36. The molecule has 0 saturated heterocycles. The molecule has 0 bridgehead atoms. The molecule has 1 aromatic rings. The van der Waals surface area contributed by atoms with Crippen molar-refractivity contribution in [3.8, 4) is 0 Å². The van der Waals surface area contributed by atoms with Gasteiger partial charge in [-0.05, 0) is 43.4 Å². The lowest BCUT2D eigenvalue weighted by molar-refractivity contribution is 0.744. The Labute approximate surface area is 97.9 Å². The Morgan fingerprint density at radius 1 is 1.00 bits per heavy atom. The van der Waals surface area contributed by atoms with Crippen molar-refractivity contribution in [3.63, 3.8) is 0 Å². The van der Waals surface area contributed by atoms with Gasteiger partial charge in [0.1, 0.15) is 0 Å². The van der Waals surface area contributed by atoms with Gasteiger partial charge in [0.25, 0.3) is 0 Å². The molecule has 0 aliphatic heterocycles. The predicted molar refractivity (Wildman–Crippen MR) is 71.0 cm³/mol. The zero-order valence-corrected chi connectivity index (χ0v) is 10.8.